The van der Waals surface area contributed by atoms with Crippen LogP contribution >= 0.6 is 0 Å². The standard InChI is InChI=1S/C21H28N2O3/c1-5-25-20-12-7-17(15-16(20)2)21(24)22-18-8-10-19(11-9-18)26-14-6-13-23(3)4/h7-12,15H,5-6,13-14H2,1-4H3,(H,22,24). The molecule has 0 atom stereocenters. The van der Waals surface area contributed by atoms with Gasteiger partial charge >= 0.3 is 0 Å². The van der Waals surface area contributed by atoms with E-state index < -0.39 is 0 Å². The van der Waals surface area contributed by atoms with Crippen LogP contribution in [0, 0.1) is 6.92 Å². The van der Waals surface area contributed by atoms with E-state index in [1.807, 2.05) is 64.3 Å². The molecule has 0 aliphatic heterocycles. The summed E-state index contributed by atoms with van der Waals surface area (Å²) in [6.07, 6.45) is 0.975. The van der Waals surface area contributed by atoms with Gasteiger partial charge in [-0.05, 0) is 82.4 Å². The van der Waals surface area contributed by atoms with Crippen LogP contribution in [0.3, 0.4) is 0 Å². The highest BCUT2D eigenvalue weighted by Gasteiger charge is 2.09. The fourth-order valence-corrected chi connectivity index (χ4v) is 2.52. The van der Waals surface area contributed by atoms with Gasteiger partial charge in [0.25, 0.3) is 5.91 Å². The average Bonchev–Trinajstić information content (AvgIpc) is 2.61. The molecular weight excluding hydrogens is 328 g/mol. The molecule has 0 saturated carbocycles. The fraction of sp³-hybridized carbons (Fsp3) is 0.381. The highest BCUT2D eigenvalue weighted by molar-refractivity contribution is 6.04. The first-order chi connectivity index (χ1) is 12.5. The summed E-state index contributed by atoms with van der Waals surface area (Å²) < 4.78 is 11.2. The Morgan fingerprint density at radius 3 is 2.42 bits per heavy atom. The molecule has 0 unspecified atom stereocenters. The quantitative estimate of drug-likeness (QED) is 0.691. The first-order valence-electron chi connectivity index (χ1n) is 8.92. The molecule has 5 nitrogen and oxygen atoms in total. The summed E-state index contributed by atoms with van der Waals surface area (Å²) in [4.78, 5) is 14.5. The van der Waals surface area contributed by atoms with Crippen LogP contribution in [0.1, 0.15) is 29.3 Å². The van der Waals surface area contributed by atoms with Crippen LogP contribution in [0.2, 0.25) is 0 Å². The maximum absolute atomic E-state index is 12.4. The van der Waals surface area contributed by atoms with Crippen molar-refractivity contribution in [1.82, 2.24) is 4.90 Å². The first kappa shape index (κ1) is 19.8. The Hall–Kier alpha value is -2.53. The molecule has 1 amide bonds. The minimum absolute atomic E-state index is 0.143. The van der Waals surface area contributed by atoms with E-state index in [1.165, 1.54) is 0 Å². The van der Waals surface area contributed by atoms with Crippen molar-refractivity contribution in [3.05, 3.63) is 53.6 Å². The summed E-state index contributed by atoms with van der Waals surface area (Å²) in [5.41, 5.74) is 2.29. The Morgan fingerprint density at radius 1 is 1.08 bits per heavy atom. The third-order valence-electron chi connectivity index (χ3n) is 3.87. The zero-order chi connectivity index (χ0) is 18.9. The molecule has 2 aromatic carbocycles. The van der Waals surface area contributed by atoms with E-state index in [1.54, 1.807) is 6.07 Å². The molecule has 0 bridgehead atoms. The van der Waals surface area contributed by atoms with Gasteiger partial charge in [-0.2, -0.15) is 0 Å². The van der Waals surface area contributed by atoms with Crippen molar-refractivity contribution >= 4 is 11.6 Å². The molecule has 0 saturated heterocycles. The summed E-state index contributed by atoms with van der Waals surface area (Å²) in [7, 11) is 4.09. The molecule has 26 heavy (non-hydrogen) atoms. The van der Waals surface area contributed by atoms with Crippen molar-refractivity contribution in [2.45, 2.75) is 20.3 Å². The number of nitrogens with zero attached hydrogens (tertiary/aromatic N) is 1. The summed E-state index contributed by atoms with van der Waals surface area (Å²) in [5, 5.41) is 2.90. The van der Waals surface area contributed by atoms with Gasteiger partial charge < -0.3 is 19.7 Å². The molecule has 0 radical (unpaired) electrons. The van der Waals surface area contributed by atoms with E-state index in [-0.39, 0.29) is 5.91 Å². The number of nitrogens with one attached hydrogen (secondary N) is 1. The number of anilines is 1. The van der Waals surface area contributed by atoms with Crippen LogP contribution in [0.25, 0.3) is 0 Å². The van der Waals surface area contributed by atoms with Gasteiger partial charge in [0.2, 0.25) is 0 Å². The molecule has 2 rings (SSSR count). The monoisotopic (exact) mass is 356 g/mol. The molecule has 140 valence electrons. The van der Waals surface area contributed by atoms with Gasteiger partial charge in [0.15, 0.2) is 0 Å². The number of hydrogen-bond donors (Lipinski definition) is 1. The van der Waals surface area contributed by atoms with Crippen molar-refractivity contribution in [3.8, 4) is 11.5 Å². The number of hydrogen-bond acceptors (Lipinski definition) is 4. The lowest BCUT2D eigenvalue weighted by Gasteiger charge is -2.11. The van der Waals surface area contributed by atoms with Gasteiger partial charge in [-0.25, -0.2) is 0 Å². The zero-order valence-corrected chi connectivity index (χ0v) is 16.0. The Balaban J connectivity index is 1.90. The van der Waals surface area contributed by atoms with Crippen LogP contribution in [0.5, 0.6) is 11.5 Å². The van der Waals surface area contributed by atoms with Crippen LogP contribution in [0.4, 0.5) is 5.69 Å². The Labute approximate surface area is 155 Å². The van der Waals surface area contributed by atoms with Gasteiger partial charge in [0, 0.05) is 17.8 Å². The number of ether oxygens (including phenoxy) is 2. The van der Waals surface area contributed by atoms with E-state index in [9.17, 15) is 4.79 Å². The largest absolute Gasteiger partial charge is 0.494 e. The minimum Gasteiger partial charge on any atom is -0.494 e. The van der Waals surface area contributed by atoms with Crippen molar-refractivity contribution in [3.63, 3.8) is 0 Å². The van der Waals surface area contributed by atoms with E-state index in [2.05, 4.69) is 10.2 Å². The summed E-state index contributed by atoms with van der Waals surface area (Å²) in [6, 6.07) is 12.9. The smallest absolute Gasteiger partial charge is 0.255 e. The highest BCUT2D eigenvalue weighted by atomic mass is 16.5. The molecule has 0 spiro atoms. The van der Waals surface area contributed by atoms with E-state index in [0.717, 1.165) is 35.7 Å². The van der Waals surface area contributed by atoms with E-state index >= 15 is 0 Å². The maximum atomic E-state index is 12.4. The van der Waals surface area contributed by atoms with Gasteiger partial charge in [0.05, 0.1) is 13.2 Å². The van der Waals surface area contributed by atoms with Crippen LogP contribution < -0.4 is 14.8 Å². The summed E-state index contributed by atoms with van der Waals surface area (Å²) >= 11 is 0. The second-order valence-electron chi connectivity index (χ2n) is 6.40. The molecule has 5 heteroatoms. The third-order valence-corrected chi connectivity index (χ3v) is 3.87. The van der Waals surface area contributed by atoms with Crippen LogP contribution in [-0.4, -0.2) is 44.7 Å². The zero-order valence-electron chi connectivity index (χ0n) is 16.0. The van der Waals surface area contributed by atoms with E-state index in [4.69, 9.17) is 9.47 Å². The van der Waals surface area contributed by atoms with Gasteiger partial charge in [-0.15, -0.1) is 0 Å². The van der Waals surface area contributed by atoms with E-state index in [0.29, 0.717) is 18.8 Å². The molecule has 1 N–H and O–H groups in total. The predicted molar refractivity (Wildman–Crippen MR) is 105 cm³/mol. The fourth-order valence-electron chi connectivity index (χ4n) is 2.52. The first-order valence-corrected chi connectivity index (χ1v) is 8.92. The van der Waals surface area contributed by atoms with Crippen molar-refractivity contribution in [2.75, 3.05) is 39.2 Å². The van der Waals surface area contributed by atoms with Gasteiger partial charge in [-0.3, -0.25) is 4.79 Å². The summed E-state index contributed by atoms with van der Waals surface area (Å²) in [6.45, 7) is 6.15. The maximum Gasteiger partial charge on any atom is 0.255 e. The Bertz CT molecular complexity index is 712. The van der Waals surface area contributed by atoms with Gasteiger partial charge in [0.1, 0.15) is 11.5 Å². The van der Waals surface area contributed by atoms with Crippen LogP contribution in [0.15, 0.2) is 42.5 Å². The molecule has 0 fully saturated rings. The minimum atomic E-state index is -0.143. The van der Waals surface area contributed by atoms with Crippen LogP contribution in [-0.2, 0) is 0 Å². The van der Waals surface area contributed by atoms with Gasteiger partial charge in [-0.1, -0.05) is 0 Å². The highest BCUT2D eigenvalue weighted by Crippen LogP contribution is 2.21. The molecule has 0 aromatic heterocycles. The Kier molecular flexibility index (Phi) is 7.48. The second-order valence-corrected chi connectivity index (χ2v) is 6.40. The number of rotatable bonds is 9. The summed E-state index contributed by atoms with van der Waals surface area (Å²) in [5.74, 6) is 1.47. The molecule has 2 aromatic rings. The number of carbonyl (C=O) groups is 1. The lowest BCUT2D eigenvalue weighted by Crippen LogP contribution is -2.15. The predicted octanol–water partition coefficient (Wildman–Crippen LogP) is 3.98. The molecule has 0 aliphatic rings. The molecule has 0 heterocycles. The second kappa shape index (κ2) is 9.82. The Morgan fingerprint density at radius 2 is 1.81 bits per heavy atom. The SMILES string of the molecule is CCOc1ccc(C(=O)Nc2ccc(OCCCN(C)C)cc2)cc1C. The third kappa shape index (κ3) is 6.08. The van der Waals surface area contributed by atoms with Crippen molar-refractivity contribution in [1.29, 1.82) is 0 Å². The number of amides is 1. The number of aryl methyl sites for hydroxylation is 1. The lowest BCUT2D eigenvalue weighted by molar-refractivity contribution is 0.102. The lowest BCUT2D eigenvalue weighted by atomic mass is 10.1. The normalized spacial score (nSPS) is 10.7. The topological polar surface area (TPSA) is 50.8 Å². The molecular formula is C21H28N2O3. The van der Waals surface area contributed by atoms with Crippen molar-refractivity contribution in [2.24, 2.45) is 0 Å². The molecule has 0 aliphatic carbocycles. The van der Waals surface area contributed by atoms with Crippen molar-refractivity contribution < 1.29 is 14.3 Å². The average molecular weight is 356 g/mol. The number of benzene rings is 2. The number of carbonyl (C=O) groups excluding carboxylic acids is 1.